The van der Waals surface area contributed by atoms with Crippen LogP contribution in [0.4, 0.5) is 41.9 Å². The predicted molar refractivity (Wildman–Crippen MR) is 457 cm³/mol. The maximum Gasteiger partial charge on any atom is 0.321 e. The Bertz CT molecular complexity index is 4870. The molecule has 0 spiro atoms. The molecule has 7 heterocycles. The van der Waals surface area contributed by atoms with Crippen LogP contribution in [0.1, 0.15) is 107 Å². The fourth-order valence-electron chi connectivity index (χ4n) is 14.8. The van der Waals surface area contributed by atoms with Crippen LogP contribution >= 0.6 is 11.3 Å². The normalized spacial score (nSPS) is 14.8. The lowest BCUT2D eigenvalue weighted by Gasteiger charge is -2.32. The van der Waals surface area contributed by atoms with E-state index in [-0.39, 0.29) is 24.1 Å². The number of carbonyl (C=O) groups is 4. The molecule has 112 heavy (non-hydrogen) atoms. The van der Waals surface area contributed by atoms with E-state index < -0.39 is 0 Å². The fourth-order valence-corrected chi connectivity index (χ4v) is 15.8. The van der Waals surface area contributed by atoms with E-state index in [2.05, 4.69) is 123 Å². The van der Waals surface area contributed by atoms with Crippen LogP contribution < -0.4 is 26.0 Å². The Labute approximate surface area is 663 Å². The number of aromatic nitrogens is 3. The van der Waals surface area contributed by atoms with Crippen LogP contribution in [0.25, 0.3) is 32.9 Å². The van der Waals surface area contributed by atoms with E-state index >= 15 is 0 Å². The number of anilines is 4. The van der Waals surface area contributed by atoms with Gasteiger partial charge < -0.3 is 45.6 Å². The summed E-state index contributed by atoms with van der Waals surface area (Å²) < 4.78 is 5.90. The van der Waals surface area contributed by atoms with E-state index in [4.69, 9.17) is 14.7 Å². The average Bonchev–Trinajstić information content (AvgIpc) is 1.74. The topological polar surface area (TPSA) is 177 Å². The Morgan fingerprint density at radius 2 is 0.804 bits per heavy atom. The first-order chi connectivity index (χ1) is 54.6. The third kappa shape index (κ3) is 23.0. The maximum atomic E-state index is 12.5. The van der Waals surface area contributed by atoms with Crippen LogP contribution in [-0.4, -0.2) is 111 Å². The number of rotatable bonds is 14. The number of aryl methyl sites for hydroxylation is 5. The van der Waals surface area contributed by atoms with Gasteiger partial charge in [-0.25, -0.2) is 29.1 Å². The zero-order valence-corrected chi connectivity index (χ0v) is 65.9. The molecule has 16 nitrogen and oxygen atoms in total. The lowest BCUT2D eigenvalue weighted by Crippen LogP contribution is -2.41. The first-order valence-electron chi connectivity index (χ1n) is 39.6. The van der Waals surface area contributed by atoms with Crippen molar-refractivity contribution >= 4 is 79.9 Å². The summed E-state index contributed by atoms with van der Waals surface area (Å²) in [6.07, 6.45) is 13.0. The number of nitrogens with zero attached hydrogens (tertiary/aromatic N) is 7. The number of hydrogen-bond donors (Lipinski definition) is 4. The SMILES string of the molecule is Cc1ccc(NC(=O)N2CCC(Cc3ccc4ccccc4c3)CC2)cc1.Cc1ccc(NC(=O)N2CCC(Cc3ccc4ccccc4n3)CC2)cc1.Cc1ccc(NC(=O)N2CCC(Cc3cccc(Oc4ccc(C)cn4)c3)CC2)cc1.Cc1ccc(NC(=O)N2CCC(c3nc(-c4ccccc4)cs3)CC2)cc1. The summed E-state index contributed by atoms with van der Waals surface area (Å²) in [5.74, 6) is 3.66. The number of thiazole rings is 1. The number of nitrogens with one attached hydrogen (secondary N) is 4. The molecule has 12 aromatic rings. The van der Waals surface area contributed by atoms with Crippen molar-refractivity contribution in [2.45, 2.75) is 111 Å². The van der Waals surface area contributed by atoms with E-state index in [0.717, 1.165) is 180 Å². The van der Waals surface area contributed by atoms with E-state index in [1.165, 1.54) is 54.5 Å². The minimum Gasteiger partial charge on any atom is -0.439 e. The molecule has 4 fully saturated rings. The summed E-state index contributed by atoms with van der Waals surface area (Å²) in [6.45, 7) is 16.5. The third-order valence-electron chi connectivity index (χ3n) is 21.7. The fraction of sp³-hybridized carbons (Fsp3) is 0.295. The molecule has 0 aliphatic carbocycles. The van der Waals surface area contributed by atoms with Crippen LogP contribution in [0.2, 0.25) is 0 Å². The first-order valence-corrected chi connectivity index (χ1v) is 40.5. The highest BCUT2D eigenvalue weighted by molar-refractivity contribution is 7.10. The Hall–Kier alpha value is -11.7. The number of piperidine rings is 4. The van der Waals surface area contributed by atoms with Gasteiger partial charge in [0.15, 0.2) is 0 Å². The van der Waals surface area contributed by atoms with E-state index in [9.17, 15) is 19.2 Å². The van der Waals surface area contributed by atoms with Crippen molar-refractivity contribution in [2.24, 2.45) is 17.8 Å². The number of amides is 8. The minimum absolute atomic E-state index is 0.00105. The van der Waals surface area contributed by atoms with Gasteiger partial charge in [0, 0.05) is 115 Å². The molecule has 16 rings (SSSR count). The van der Waals surface area contributed by atoms with Gasteiger partial charge in [-0.15, -0.1) is 11.3 Å². The molecule has 4 aliphatic rings. The zero-order valence-electron chi connectivity index (χ0n) is 65.1. The lowest BCUT2D eigenvalue weighted by atomic mass is 9.89. The number of carbonyl (C=O) groups excluding carboxylic acids is 4. The Morgan fingerprint density at radius 3 is 1.29 bits per heavy atom. The number of hydrogen-bond acceptors (Lipinski definition) is 9. The number of pyridine rings is 2. The number of likely N-dealkylation sites (tertiary alicyclic amines) is 4. The number of fused-ring (bicyclic) bond motifs is 2. The van der Waals surface area contributed by atoms with E-state index in [0.29, 0.717) is 29.6 Å². The van der Waals surface area contributed by atoms with Crippen LogP contribution in [-0.2, 0) is 19.3 Å². The monoisotopic (exact) mass is 1510 g/mol. The third-order valence-corrected chi connectivity index (χ3v) is 22.7. The molecule has 0 saturated carbocycles. The summed E-state index contributed by atoms with van der Waals surface area (Å²) in [5.41, 5.74) is 16.4. The highest BCUT2D eigenvalue weighted by Gasteiger charge is 2.29. The summed E-state index contributed by atoms with van der Waals surface area (Å²) in [4.78, 5) is 71.6. The maximum absolute atomic E-state index is 12.5. The molecule has 4 saturated heterocycles. The summed E-state index contributed by atoms with van der Waals surface area (Å²) >= 11 is 1.73. The average molecular weight is 1510 g/mol. The molecule has 0 bridgehead atoms. The molecule has 3 aromatic heterocycles. The summed E-state index contributed by atoms with van der Waals surface area (Å²) in [7, 11) is 0. The molecule has 17 heteroatoms. The van der Waals surface area contributed by atoms with Gasteiger partial charge in [-0.3, -0.25) is 4.98 Å². The molecule has 4 N–H and O–H groups in total. The molecule has 0 radical (unpaired) electrons. The number of para-hydroxylation sites is 1. The number of urea groups is 4. The van der Waals surface area contributed by atoms with E-state index in [1.807, 2.05) is 212 Å². The standard InChI is InChI=1S/C26H29N3O2.C24H26N2O.C23H25N3O.C22H23N3OS/c1-19-6-9-23(10-7-19)28-26(30)29-14-12-21(13-15-29)16-22-4-3-5-24(17-22)31-25-11-8-20(2)18-27-25;1-18-6-10-23(11-7-18)25-24(27)26-14-12-19(13-15-26)16-20-8-9-21-4-2-3-5-22(21)17-20;1-17-6-9-20(10-7-17)25-23(27)26-14-12-18(13-15-26)16-21-11-8-19-4-2-3-5-22(19)24-21;1-16-7-9-19(10-8-16)23-22(26)25-13-11-18(12-14-25)21-24-20(15-27-21)17-5-3-2-4-6-17/h3-11,17-18,21H,12-16H2,1-2H3,(H,28,30);2-11,17,19H,12-16H2,1H3,(H,25,27);2-11,18H,12-16H2,1H3,(H,25,27);2-10,15,18H,11-14H2,1H3,(H,23,26). The van der Waals surface area contributed by atoms with Crippen molar-refractivity contribution in [2.75, 3.05) is 73.6 Å². The van der Waals surface area contributed by atoms with Gasteiger partial charge in [0.2, 0.25) is 5.88 Å². The molecule has 574 valence electrons. The Morgan fingerprint density at radius 1 is 0.384 bits per heavy atom. The van der Waals surface area contributed by atoms with Crippen molar-refractivity contribution in [3.05, 3.63) is 304 Å². The first kappa shape index (κ1) is 78.4. The van der Waals surface area contributed by atoms with Gasteiger partial charge >= 0.3 is 24.1 Å². The largest absolute Gasteiger partial charge is 0.439 e. The smallest absolute Gasteiger partial charge is 0.321 e. The number of ether oxygens (including phenoxy) is 1. The molecule has 8 amide bonds. The molecule has 0 unspecified atom stereocenters. The highest BCUT2D eigenvalue weighted by atomic mass is 32.1. The van der Waals surface area contributed by atoms with E-state index in [1.54, 1.807) is 11.3 Å². The van der Waals surface area contributed by atoms with Crippen molar-refractivity contribution in [3.8, 4) is 22.9 Å². The second-order valence-corrected chi connectivity index (χ2v) is 31.3. The van der Waals surface area contributed by atoms with Gasteiger partial charge in [0.1, 0.15) is 5.75 Å². The van der Waals surface area contributed by atoms with Crippen LogP contribution in [0, 0.1) is 52.4 Å². The van der Waals surface area contributed by atoms with Gasteiger partial charge in [-0.05, 0) is 223 Å². The molecular formula is C95H103N11O5S. The van der Waals surface area contributed by atoms with Crippen molar-refractivity contribution < 1.29 is 23.9 Å². The molecule has 9 aromatic carbocycles. The second-order valence-electron chi connectivity index (χ2n) is 30.4. The Kier molecular flexibility index (Phi) is 27.2. The second kappa shape index (κ2) is 38.8. The number of benzene rings is 9. The van der Waals surface area contributed by atoms with Crippen molar-refractivity contribution in [1.29, 1.82) is 0 Å². The highest BCUT2D eigenvalue weighted by Crippen LogP contribution is 2.35. The van der Waals surface area contributed by atoms with Gasteiger partial charge in [0.05, 0.1) is 16.2 Å². The predicted octanol–water partition coefficient (Wildman–Crippen LogP) is 22.2. The quantitative estimate of drug-likeness (QED) is 0.0831. The Balaban J connectivity index is 0.000000131. The lowest BCUT2D eigenvalue weighted by molar-refractivity contribution is 0.181. The van der Waals surface area contributed by atoms with Crippen LogP contribution in [0.5, 0.6) is 11.6 Å². The zero-order chi connectivity index (χ0) is 77.6. The van der Waals surface area contributed by atoms with Gasteiger partial charge in [0.25, 0.3) is 0 Å². The minimum atomic E-state index is -0.0126. The molecular weight excluding hydrogens is 1410 g/mol. The molecule has 4 aliphatic heterocycles. The molecule has 0 atom stereocenters. The van der Waals surface area contributed by atoms with Gasteiger partial charge in [-0.1, -0.05) is 186 Å². The van der Waals surface area contributed by atoms with Crippen LogP contribution in [0.15, 0.2) is 254 Å². The summed E-state index contributed by atoms with van der Waals surface area (Å²) in [6, 6.07) is 81.9. The van der Waals surface area contributed by atoms with Gasteiger partial charge in [-0.2, -0.15) is 0 Å². The van der Waals surface area contributed by atoms with Crippen molar-refractivity contribution in [3.63, 3.8) is 0 Å². The summed E-state index contributed by atoms with van der Waals surface area (Å²) in [5, 5.41) is 19.1. The van der Waals surface area contributed by atoms with Crippen LogP contribution in [0.3, 0.4) is 0 Å². The van der Waals surface area contributed by atoms with Crippen molar-refractivity contribution in [1.82, 2.24) is 34.6 Å².